The summed E-state index contributed by atoms with van der Waals surface area (Å²) in [6.07, 6.45) is 1.00. The minimum Gasteiger partial charge on any atom is -0.384 e. The van der Waals surface area contributed by atoms with Crippen LogP contribution in [0.15, 0.2) is 36.5 Å². The first-order valence-electron chi connectivity index (χ1n) is 5.83. The lowest BCUT2D eigenvalue weighted by Gasteiger charge is -2.09. The van der Waals surface area contributed by atoms with Gasteiger partial charge in [0.25, 0.3) is 0 Å². The van der Waals surface area contributed by atoms with Crippen LogP contribution < -0.4 is 0 Å². The zero-order valence-electron chi connectivity index (χ0n) is 10.1. The summed E-state index contributed by atoms with van der Waals surface area (Å²) >= 11 is 0. The lowest BCUT2D eigenvalue weighted by molar-refractivity contribution is 0.0626. The number of methoxy groups -OCH3 is 1. The van der Waals surface area contributed by atoms with Crippen LogP contribution in [-0.4, -0.2) is 28.8 Å². The highest BCUT2D eigenvalue weighted by Crippen LogP contribution is 2.28. The van der Waals surface area contributed by atoms with Crippen molar-refractivity contribution in [1.29, 1.82) is 0 Å². The number of nitrogens with zero attached hydrogens (tertiary/aromatic N) is 1. The van der Waals surface area contributed by atoms with E-state index in [4.69, 9.17) is 4.74 Å². The molecule has 4 heteroatoms. The van der Waals surface area contributed by atoms with Gasteiger partial charge in [-0.05, 0) is 12.1 Å². The highest BCUT2D eigenvalue weighted by Gasteiger charge is 2.15. The van der Waals surface area contributed by atoms with Gasteiger partial charge in [0.15, 0.2) is 0 Å². The van der Waals surface area contributed by atoms with Crippen LogP contribution in [0.2, 0.25) is 0 Å². The SMILES string of the molecule is COC[C@H](O)c1nccc2c1[nH]c1ccccc12. The normalized spacial score (nSPS) is 13.2. The first-order valence-corrected chi connectivity index (χ1v) is 5.83. The average Bonchev–Trinajstić information content (AvgIpc) is 2.77. The molecule has 92 valence electrons. The summed E-state index contributed by atoms with van der Waals surface area (Å²) in [4.78, 5) is 7.57. The summed E-state index contributed by atoms with van der Waals surface area (Å²) in [5, 5.41) is 12.3. The van der Waals surface area contributed by atoms with Crippen LogP contribution >= 0.6 is 0 Å². The number of pyridine rings is 1. The maximum atomic E-state index is 10.0. The minimum absolute atomic E-state index is 0.238. The Kier molecular flexibility index (Phi) is 2.74. The molecule has 0 amide bonds. The largest absolute Gasteiger partial charge is 0.384 e. The van der Waals surface area contributed by atoms with Crippen molar-refractivity contribution >= 4 is 21.8 Å². The molecule has 0 saturated carbocycles. The third-order valence-corrected chi connectivity index (χ3v) is 3.10. The maximum absolute atomic E-state index is 10.0. The van der Waals surface area contributed by atoms with Crippen LogP contribution in [0.5, 0.6) is 0 Å². The number of hydrogen-bond donors (Lipinski definition) is 2. The quantitative estimate of drug-likeness (QED) is 0.741. The molecule has 1 atom stereocenters. The van der Waals surface area contributed by atoms with Gasteiger partial charge in [0, 0.05) is 29.6 Å². The Hall–Kier alpha value is -1.91. The van der Waals surface area contributed by atoms with Gasteiger partial charge in [-0.3, -0.25) is 4.98 Å². The summed E-state index contributed by atoms with van der Waals surface area (Å²) in [6.45, 7) is 0.238. The molecule has 0 saturated heterocycles. The lowest BCUT2D eigenvalue weighted by Crippen LogP contribution is -2.07. The molecule has 0 aliphatic rings. The molecule has 2 N–H and O–H groups in total. The predicted molar refractivity (Wildman–Crippen MR) is 70.4 cm³/mol. The van der Waals surface area contributed by atoms with Gasteiger partial charge in [-0.1, -0.05) is 18.2 Å². The van der Waals surface area contributed by atoms with E-state index in [0.29, 0.717) is 5.69 Å². The van der Waals surface area contributed by atoms with E-state index in [0.717, 1.165) is 21.8 Å². The number of aliphatic hydroxyl groups excluding tert-OH is 1. The van der Waals surface area contributed by atoms with E-state index in [9.17, 15) is 5.11 Å². The fraction of sp³-hybridized carbons (Fsp3) is 0.214. The van der Waals surface area contributed by atoms with Crippen LogP contribution in [0.4, 0.5) is 0 Å². The molecule has 0 spiro atoms. The maximum Gasteiger partial charge on any atom is 0.121 e. The lowest BCUT2D eigenvalue weighted by atomic mass is 10.1. The van der Waals surface area contributed by atoms with E-state index in [1.54, 1.807) is 13.3 Å². The Morgan fingerprint density at radius 3 is 2.94 bits per heavy atom. The number of nitrogens with one attached hydrogen (secondary N) is 1. The van der Waals surface area contributed by atoms with Crippen molar-refractivity contribution in [3.05, 3.63) is 42.2 Å². The molecule has 0 unspecified atom stereocenters. The third-order valence-electron chi connectivity index (χ3n) is 3.10. The van der Waals surface area contributed by atoms with Crippen LogP contribution in [0.3, 0.4) is 0 Å². The molecule has 3 rings (SSSR count). The summed E-state index contributed by atoms with van der Waals surface area (Å²) in [5.74, 6) is 0. The number of fused-ring (bicyclic) bond motifs is 3. The number of rotatable bonds is 3. The van der Waals surface area contributed by atoms with E-state index >= 15 is 0 Å². The molecule has 0 bridgehead atoms. The second-order valence-electron chi connectivity index (χ2n) is 4.26. The van der Waals surface area contributed by atoms with Gasteiger partial charge in [0.1, 0.15) is 6.10 Å². The Balaban J connectivity index is 2.27. The van der Waals surface area contributed by atoms with Gasteiger partial charge in [-0.15, -0.1) is 0 Å². The number of aliphatic hydroxyl groups is 1. The van der Waals surface area contributed by atoms with Gasteiger partial charge in [-0.2, -0.15) is 0 Å². The molecule has 2 aromatic heterocycles. The Morgan fingerprint density at radius 2 is 2.11 bits per heavy atom. The summed E-state index contributed by atoms with van der Waals surface area (Å²) < 4.78 is 4.98. The molecular formula is C14H14N2O2. The predicted octanol–water partition coefficient (Wildman–Crippen LogP) is 2.40. The topological polar surface area (TPSA) is 58.1 Å². The van der Waals surface area contributed by atoms with Crippen molar-refractivity contribution in [1.82, 2.24) is 9.97 Å². The highest BCUT2D eigenvalue weighted by atomic mass is 16.5. The average molecular weight is 242 g/mol. The van der Waals surface area contributed by atoms with Gasteiger partial charge < -0.3 is 14.8 Å². The summed E-state index contributed by atoms with van der Waals surface area (Å²) in [6, 6.07) is 10.0. The van der Waals surface area contributed by atoms with Gasteiger partial charge in [0.2, 0.25) is 0 Å². The van der Waals surface area contributed by atoms with Gasteiger partial charge in [0.05, 0.1) is 17.8 Å². The number of H-pyrrole nitrogens is 1. The van der Waals surface area contributed by atoms with Crippen molar-refractivity contribution in [2.45, 2.75) is 6.10 Å². The van der Waals surface area contributed by atoms with Crippen molar-refractivity contribution in [3.63, 3.8) is 0 Å². The zero-order chi connectivity index (χ0) is 12.5. The molecule has 4 nitrogen and oxygen atoms in total. The monoisotopic (exact) mass is 242 g/mol. The second-order valence-corrected chi connectivity index (χ2v) is 4.26. The molecule has 0 aliphatic heterocycles. The molecular weight excluding hydrogens is 228 g/mol. The summed E-state index contributed by atoms with van der Waals surface area (Å²) in [5.41, 5.74) is 2.56. The first kappa shape index (κ1) is 11.2. The zero-order valence-corrected chi connectivity index (χ0v) is 10.1. The van der Waals surface area contributed by atoms with Gasteiger partial charge >= 0.3 is 0 Å². The van der Waals surface area contributed by atoms with E-state index in [1.807, 2.05) is 24.3 Å². The Morgan fingerprint density at radius 1 is 1.28 bits per heavy atom. The minimum atomic E-state index is -0.716. The molecule has 1 aromatic carbocycles. The molecule has 3 aromatic rings. The second kappa shape index (κ2) is 4.40. The molecule has 0 aliphatic carbocycles. The molecule has 2 heterocycles. The fourth-order valence-electron chi connectivity index (χ4n) is 2.28. The summed E-state index contributed by atoms with van der Waals surface area (Å²) in [7, 11) is 1.56. The van der Waals surface area contributed by atoms with Crippen molar-refractivity contribution in [3.8, 4) is 0 Å². The van der Waals surface area contributed by atoms with Crippen LogP contribution in [0.25, 0.3) is 21.8 Å². The Labute approximate surface area is 104 Å². The van der Waals surface area contributed by atoms with E-state index in [2.05, 4.69) is 16.0 Å². The van der Waals surface area contributed by atoms with Gasteiger partial charge in [-0.25, -0.2) is 0 Å². The molecule has 0 fully saturated rings. The van der Waals surface area contributed by atoms with Crippen molar-refractivity contribution in [2.24, 2.45) is 0 Å². The number of aromatic amines is 1. The highest BCUT2D eigenvalue weighted by molar-refractivity contribution is 6.07. The number of hydrogen-bond acceptors (Lipinski definition) is 3. The van der Waals surface area contributed by atoms with Crippen molar-refractivity contribution in [2.75, 3.05) is 13.7 Å². The number of ether oxygens (including phenoxy) is 1. The van der Waals surface area contributed by atoms with Crippen LogP contribution in [0.1, 0.15) is 11.8 Å². The van der Waals surface area contributed by atoms with E-state index in [-0.39, 0.29) is 6.61 Å². The van der Waals surface area contributed by atoms with Crippen LogP contribution in [-0.2, 0) is 4.74 Å². The third kappa shape index (κ3) is 1.66. The van der Waals surface area contributed by atoms with E-state index in [1.165, 1.54) is 0 Å². The number of aromatic nitrogens is 2. The Bertz CT molecular complexity index is 690. The van der Waals surface area contributed by atoms with Crippen molar-refractivity contribution < 1.29 is 9.84 Å². The number of benzene rings is 1. The fourth-order valence-corrected chi connectivity index (χ4v) is 2.28. The number of para-hydroxylation sites is 1. The standard InChI is InChI=1S/C14H14N2O2/c1-18-8-12(17)14-13-10(6-7-15-14)9-4-2-3-5-11(9)16-13/h2-7,12,16-17H,8H2,1H3/t12-/m0/s1. The van der Waals surface area contributed by atoms with E-state index < -0.39 is 6.10 Å². The first-order chi connectivity index (χ1) is 8.81. The molecule has 18 heavy (non-hydrogen) atoms. The molecule has 0 radical (unpaired) electrons. The van der Waals surface area contributed by atoms with Crippen LogP contribution in [0, 0.1) is 0 Å². The smallest absolute Gasteiger partial charge is 0.121 e.